The van der Waals surface area contributed by atoms with Crippen molar-refractivity contribution in [1.82, 2.24) is 0 Å². The fraction of sp³-hybridized carbons (Fsp3) is 0.625. The average Bonchev–Trinajstić information content (AvgIpc) is 2.32. The molecule has 2 atom stereocenters. The molecule has 100 valence electrons. The van der Waals surface area contributed by atoms with E-state index in [4.69, 9.17) is 0 Å². The number of hydrogen-bond donors (Lipinski definition) is 2. The Labute approximate surface area is 110 Å². The van der Waals surface area contributed by atoms with E-state index in [0.29, 0.717) is 11.5 Å². The predicted octanol–water partition coefficient (Wildman–Crippen LogP) is 4.12. The Morgan fingerprint density at radius 3 is 2.67 bits per heavy atom. The van der Waals surface area contributed by atoms with Crippen molar-refractivity contribution in [2.75, 3.05) is 5.32 Å². The van der Waals surface area contributed by atoms with Crippen LogP contribution in [0.1, 0.15) is 58.1 Å². The summed E-state index contributed by atoms with van der Waals surface area (Å²) >= 11 is 0. The monoisotopic (exact) mass is 247 g/mol. The van der Waals surface area contributed by atoms with Gasteiger partial charge in [0.1, 0.15) is 0 Å². The second-order valence-electron chi connectivity index (χ2n) is 6.19. The molecule has 1 aliphatic rings. The smallest absolute Gasteiger partial charge is 0.0781 e. The third-order valence-electron chi connectivity index (χ3n) is 4.25. The van der Waals surface area contributed by atoms with Gasteiger partial charge in [0.2, 0.25) is 0 Å². The van der Waals surface area contributed by atoms with Gasteiger partial charge in [-0.05, 0) is 31.2 Å². The average molecular weight is 247 g/mol. The van der Waals surface area contributed by atoms with Crippen molar-refractivity contribution in [2.24, 2.45) is 5.41 Å². The zero-order valence-electron chi connectivity index (χ0n) is 11.7. The van der Waals surface area contributed by atoms with Crippen molar-refractivity contribution in [3.63, 3.8) is 0 Å². The minimum absolute atomic E-state index is 0.337. The largest absolute Gasteiger partial charge is 0.389 e. The molecule has 0 amide bonds. The Kier molecular flexibility index (Phi) is 3.96. The molecular formula is C16H25NO. The summed E-state index contributed by atoms with van der Waals surface area (Å²) in [5, 5.41) is 13.5. The quantitative estimate of drug-likeness (QED) is 0.842. The lowest BCUT2D eigenvalue weighted by Gasteiger charge is -2.40. The highest BCUT2D eigenvalue weighted by Crippen LogP contribution is 2.38. The minimum atomic E-state index is -0.416. The highest BCUT2D eigenvalue weighted by atomic mass is 16.3. The van der Waals surface area contributed by atoms with E-state index in [1.807, 2.05) is 25.1 Å². The Hall–Kier alpha value is -1.02. The van der Waals surface area contributed by atoms with Crippen LogP contribution in [0.15, 0.2) is 24.3 Å². The van der Waals surface area contributed by atoms with Crippen LogP contribution in [0.5, 0.6) is 0 Å². The van der Waals surface area contributed by atoms with E-state index in [0.717, 1.165) is 11.3 Å². The van der Waals surface area contributed by atoms with Gasteiger partial charge in [0.15, 0.2) is 0 Å². The second kappa shape index (κ2) is 5.31. The Morgan fingerprint density at radius 2 is 2.00 bits per heavy atom. The fourth-order valence-electron chi connectivity index (χ4n) is 2.94. The maximum absolute atomic E-state index is 9.82. The predicted molar refractivity (Wildman–Crippen MR) is 76.7 cm³/mol. The first-order valence-corrected chi connectivity index (χ1v) is 7.04. The fourth-order valence-corrected chi connectivity index (χ4v) is 2.94. The summed E-state index contributed by atoms with van der Waals surface area (Å²) in [5.41, 5.74) is 2.43. The van der Waals surface area contributed by atoms with Crippen molar-refractivity contribution in [2.45, 2.75) is 58.6 Å². The summed E-state index contributed by atoms with van der Waals surface area (Å²) in [6, 6.07) is 8.60. The molecule has 2 rings (SSSR count). The summed E-state index contributed by atoms with van der Waals surface area (Å²) in [5.74, 6) is 0. The van der Waals surface area contributed by atoms with Gasteiger partial charge in [-0.3, -0.25) is 0 Å². The number of nitrogens with one attached hydrogen (secondary N) is 1. The van der Waals surface area contributed by atoms with Crippen LogP contribution in [0.4, 0.5) is 5.69 Å². The van der Waals surface area contributed by atoms with Gasteiger partial charge in [-0.25, -0.2) is 0 Å². The number of hydrogen-bond acceptors (Lipinski definition) is 2. The zero-order valence-corrected chi connectivity index (χ0v) is 11.7. The third-order valence-corrected chi connectivity index (χ3v) is 4.25. The van der Waals surface area contributed by atoms with E-state index < -0.39 is 6.10 Å². The first-order chi connectivity index (χ1) is 8.50. The van der Waals surface area contributed by atoms with Crippen LogP contribution in [0, 0.1) is 5.41 Å². The molecule has 0 radical (unpaired) electrons. The maximum atomic E-state index is 9.82. The molecule has 0 bridgehead atoms. The van der Waals surface area contributed by atoms with Gasteiger partial charge < -0.3 is 10.4 Å². The van der Waals surface area contributed by atoms with Crippen molar-refractivity contribution in [3.8, 4) is 0 Å². The first kappa shape index (κ1) is 13.4. The molecule has 2 nitrogen and oxygen atoms in total. The highest BCUT2D eigenvalue weighted by molar-refractivity contribution is 5.53. The molecule has 1 saturated carbocycles. The molecule has 1 fully saturated rings. The zero-order chi connectivity index (χ0) is 13.2. The van der Waals surface area contributed by atoms with E-state index in [1.165, 1.54) is 25.7 Å². The second-order valence-corrected chi connectivity index (χ2v) is 6.19. The lowest BCUT2D eigenvalue weighted by Crippen LogP contribution is -2.39. The van der Waals surface area contributed by atoms with Crippen LogP contribution in [0.2, 0.25) is 0 Å². The minimum Gasteiger partial charge on any atom is -0.389 e. The SMILES string of the molecule is CC(O)c1ccccc1NC1CCCCC1(C)C. The van der Waals surface area contributed by atoms with Gasteiger partial charge >= 0.3 is 0 Å². The summed E-state index contributed by atoms with van der Waals surface area (Å²) in [7, 11) is 0. The molecule has 1 aliphatic carbocycles. The molecule has 0 heterocycles. The molecule has 0 aromatic heterocycles. The summed E-state index contributed by atoms with van der Waals surface area (Å²) in [4.78, 5) is 0. The van der Waals surface area contributed by atoms with Crippen LogP contribution in [0.3, 0.4) is 0 Å². The van der Waals surface area contributed by atoms with E-state index in [9.17, 15) is 5.11 Å². The molecule has 1 aromatic rings. The first-order valence-electron chi connectivity index (χ1n) is 7.04. The molecule has 0 spiro atoms. The number of rotatable bonds is 3. The van der Waals surface area contributed by atoms with Crippen molar-refractivity contribution < 1.29 is 5.11 Å². The molecule has 2 unspecified atom stereocenters. The molecule has 2 N–H and O–H groups in total. The third kappa shape index (κ3) is 2.86. The van der Waals surface area contributed by atoms with Crippen LogP contribution in [-0.4, -0.2) is 11.1 Å². The lowest BCUT2D eigenvalue weighted by atomic mass is 9.73. The number of anilines is 1. The van der Waals surface area contributed by atoms with Crippen LogP contribution >= 0.6 is 0 Å². The van der Waals surface area contributed by atoms with E-state index >= 15 is 0 Å². The van der Waals surface area contributed by atoms with E-state index in [1.54, 1.807) is 0 Å². The molecular weight excluding hydrogens is 222 g/mol. The topological polar surface area (TPSA) is 32.3 Å². The normalized spacial score (nSPS) is 24.6. The highest BCUT2D eigenvalue weighted by Gasteiger charge is 2.32. The number of para-hydroxylation sites is 1. The van der Waals surface area contributed by atoms with Gasteiger partial charge in [0.25, 0.3) is 0 Å². The molecule has 0 saturated heterocycles. The summed E-state index contributed by atoms with van der Waals surface area (Å²) < 4.78 is 0. The van der Waals surface area contributed by atoms with Gasteiger partial charge in [0, 0.05) is 17.3 Å². The van der Waals surface area contributed by atoms with Crippen molar-refractivity contribution >= 4 is 5.69 Å². The van der Waals surface area contributed by atoms with E-state index in [2.05, 4.69) is 25.2 Å². The van der Waals surface area contributed by atoms with Crippen LogP contribution < -0.4 is 5.32 Å². The number of aliphatic hydroxyl groups is 1. The molecule has 2 heteroatoms. The maximum Gasteiger partial charge on any atom is 0.0781 e. The lowest BCUT2D eigenvalue weighted by molar-refractivity contribution is 0.198. The summed E-state index contributed by atoms with van der Waals surface area (Å²) in [6.07, 6.45) is 4.73. The van der Waals surface area contributed by atoms with E-state index in [-0.39, 0.29) is 0 Å². The van der Waals surface area contributed by atoms with Gasteiger partial charge in [0.05, 0.1) is 6.10 Å². The van der Waals surface area contributed by atoms with Crippen LogP contribution in [-0.2, 0) is 0 Å². The molecule has 1 aromatic carbocycles. The Morgan fingerprint density at radius 1 is 1.28 bits per heavy atom. The summed E-state index contributed by atoms with van der Waals surface area (Å²) in [6.45, 7) is 6.51. The van der Waals surface area contributed by atoms with Crippen LogP contribution in [0.25, 0.3) is 0 Å². The Balaban J connectivity index is 2.18. The molecule has 0 aliphatic heterocycles. The van der Waals surface area contributed by atoms with Crippen molar-refractivity contribution in [3.05, 3.63) is 29.8 Å². The molecule has 18 heavy (non-hydrogen) atoms. The Bertz CT molecular complexity index is 398. The van der Waals surface area contributed by atoms with Gasteiger partial charge in [-0.15, -0.1) is 0 Å². The standard InChI is InChI=1S/C16H25NO/c1-12(18)13-8-4-5-9-14(13)17-15-10-6-7-11-16(15,2)3/h4-5,8-9,12,15,17-18H,6-7,10-11H2,1-3H3. The van der Waals surface area contributed by atoms with Gasteiger partial charge in [-0.2, -0.15) is 0 Å². The van der Waals surface area contributed by atoms with Gasteiger partial charge in [-0.1, -0.05) is 44.9 Å². The van der Waals surface area contributed by atoms with Crippen molar-refractivity contribution in [1.29, 1.82) is 0 Å². The number of aliphatic hydroxyl groups excluding tert-OH is 1. The number of benzene rings is 1.